The van der Waals surface area contributed by atoms with Crippen molar-refractivity contribution in [2.45, 2.75) is 58.7 Å². The molecule has 1 aliphatic heterocycles. The molecule has 3 rings (SSSR count). The molecule has 5 nitrogen and oxygen atoms in total. The van der Waals surface area contributed by atoms with Crippen LogP contribution in [0.4, 0.5) is 4.79 Å². The number of rotatable bonds is 2. The Kier molecular flexibility index (Phi) is 4.05. The van der Waals surface area contributed by atoms with Crippen LogP contribution in [0.15, 0.2) is 22.7 Å². The molecule has 1 N–H and O–H groups in total. The lowest BCUT2D eigenvalue weighted by Gasteiger charge is -2.38. The highest BCUT2D eigenvalue weighted by Crippen LogP contribution is 2.23. The van der Waals surface area contributed by atoms with Crippen LogP contribution in [0.25, 0.3) is 11.0 Å². The average molecular weight is 301 g/mol. The van der Waals surface area contributed by atoms with Crippen molar-refractivity contribution in [1.29, 1.82) is 0 Å². The van der Waals surface area contributed by atoms with Crippen LogP contribution in [0, 0.1) is 6.92 Å². The van der Waals surface area contributed by atoms with E-state index in [9.17, 15) is 4.79 Å². The van der Waals surface area contributed by atoms with Crippen LogP contribution in [0.1, 0.15) is 44.4 Å². The summed E-state index contributed by atoms with van der Waals surface area (Å²) in [6.07, 6.45) is 3.34. The molecule has 0 bridgehead atoms. The molecule has 1 aromatic carbocycles. The fraction of sp³-hybridized carbons (Fsp3) is 0.529. The zero-order chi connectivity index (χ0) is 15.7. The number of benzene rings is 1. The zero-order valence-electron chi connectivity index (χ0n) is 13.4. The van der Waals surface area contributed by atoms with Crippen LogP contribution in [-0.4, -0.2) is 28.2 Å². The van der Waals surface area contributed by atoms with Crippen LogP contribution < -0.4 is 5.32 Å². The summed E-state index contributed by atoms with van der Waals surface area (Å²) in [5, 5.41) is 8.05. The second kappa shape index (κ2) is 5.99. The molecular formula is C17H23N3O2. The first-order valence-electron chi connectivity index (χ1n) is 7.97. The van der Waals surface area contributed by atoms with Gasteiger partial charge >= 0.3 is 6.03 Å². The van der Waals surface area contributed by atoms with Gasteiger partial charge in [-0.3, -0.25) is 0 Å². The molecule has 5 heteroatoms. The first-order valence-corrected chi connectivity index (χ1v) is 7.97. The summed E-state index contributed by atoms with van der Waals surface area (Å²) in [5.74, 6) is 0. The lowest BCUT2D eigenvalue weighted by molar-refractivity contribution is 0.122. The van der Waals surface area contributed by atoms with Crippen LogP contribution in [0.5, 0.6) is 0 Å². The first kappa shape index (κ1) is 14.9. The molecule has 118 valence electrons. The van der Waals surface area contributed by atoms with Crippen LogP contribution in [0.2, 0.25) is 0 Å². The predicted molar refractivity (Wildman–Crippen MR) is 85.6 cm³/mol. The van der Waals surface area contributed by atoms with Crippen molar-refractivity contribution in [2.24, 2.45) is 0 Å². The Morgan fingerprint density at radius 2 is 2.09 bits per heavy atom. The smallest absolute Gasteiger partial charge is 0.318 e. The van der Waals surface area contributed by atoms with E-state index in [4.69, 9.17) is 4.52 Å². The Balaban J connectivity index is 1.71. The number of hydrogen-bond acceptors (Lipinski definition) is 3. The van der Waals surface area contributed by atoms with Gasteiger partial charge in [0.1, 0.15) is 5.69 Å². The van der Waals surface area contributed by atoms with E-state index in [1.165, 1.54) is 6.42 Å². The average Bonchev–Trinajstić information content (AvgIpc) is 2.87. The van der Waals surface area contributed by atoms with E-state index in [0.29, 0.717) is 18.6 Å². The minimum atomic E-state index is -0.0106. The Morgan fingerprint density at radius 1 is 1.36 bits per heavy atom. The number of carbonyl (C=O) groups excluding carboxylic acids is 1. The SMILES string of the molecule is Cc1ccc2onc(CNC(=O)N3C(C)CCCC3C)c2c1. The van der Waals surface area contributed by atoms with E-state index in [0.717, 1.165) is 35.1 Å². The minimum absolute atomic E-state index is 0.0106. The number of nitrogens with one attached hydrogen (secondary N) is 1. The Morgan fingerprint density at radius 3 is 2.82 bits per heavy atom. The highest BCUT2D eigenvalue weighted by atomic mass is 16.5. The number of aromatic nitrogens is 1. The van der Waals surface area contributed by atoms with Crippen LogP contribution in [0.3, 0.4) is 0 Å². The van der Waals surface area contributed by atoms with Crippen molar-refractivity contribution < 1.29 is 9.32 Å². The van der Waals surface area contributed by atoms with Crippen molar-refractivity contribution in [2.75, 3.05) is 0 Å². The highest BCUT2D eigenvalue weighted by Gasteiger charge is 2.28. The molecule has 0 aliphatic carbocycles. The topological polar surface area (TPSA) is 58.4 Å². The maximum absolute atomic E-state index is 12.5. The van der Waals surface area contributed by atoms with E-state index in [2.05, 4.69) is 24.3 Å². The number of amides is 2. The van der Waals surface area contributed by atoms with Crippen molar-refractivity contribution in [3.8, 4) is 0 Å². The molecule has 0 radical (unpaired) electrons. The fourth-order valence-electron chi connectivity index (χ4n) is 3.30. The quantitative estimate of drug-likeness (QED) is 0.922. The number of nitrogens with zero attached hydrogens (tertiary/aromatic N) is 2. The number of aryl methyl sites for hydroxylation is 1. The second-order valence-electron chi connectivity index (χ2n) is 6.32. The van der Waals surface area contributed by atoms with Gasteiger partial charge in [0.05, 0.1) is 6.54 Å². The number of fused-ring (bicyclic) bond motifs is 1. The number of piperidine rings is 1. The van der Waals surface area contributed by atoms with E-state index in [-0.39, 0.29) is 6.03 Å². The molecule has 1 saturated heterocycles. The predicted octanol–water partition coefficient (Wildman–Crippen LogP) is 3.61. The van der Waals surface area contributed by atoms with E-state index in [1.807, 2.05) is 30.0 Å². The number of hydrogen-bond donors (Lipinski definition) is 1. The maximum Gasteiger partial charge on any atom is 0.318 e. The molecule has 1 aliphatic rings. The van der Waals surface area contributed by atoms with Gasteiger partial charge in [0.2, 0.25) is 0 Å². The summed E-state index contributed by atoms with van der Waals surface area (Å²) in [7, 11) is 0. The molecule has 1 fully saturated rings. The lowest BCUT2D eigenvalue weighted by Crippen LogP contribution is -2.51. The number of likely N-dealkylation sites (tertiary alicyclic amines) is 1. The van der Waals surface area contributed by atoms with Gasteiger partial charge < -0.3 is 14.7 Å². The molecule has 22 heavy (non-hydrogen) atoms. The van der Waals surface area contributed by atoms with E-state index < -0.39 is 0 Å². The van der Waals surface area contributed by atoms with Gasteiger partial charge in [-0.15, -0.1) is 0 Å². The summed E-state index contributed by atoms with van der Waals surface area (Å²) >= 11 is 0. The van der Waals surface area contributed by atoms with Gasteiger partial charge in [-0.25, -0.2) is 4.79 Å². The normalized spacial score (nSPS) is 22.0. The van der Waals surface area contributed by atoms with Gasteiger partial charge in [0.15, 0.2) is 5.58 Å². The van der Waals surface area contributed by atoms with Crippen molar-refractivity contribution in [1.82, 2.24) is 15.4 Å². The second-order valence-corrected chi connectivity index (χ2v) is 6.32. The summed E-state index contributed by atoms with van der Waals surface area (Å²) in [5.41, 5.74) is 2.69. The van der Waals surface area contributed by atoms with Gasteiger partial charge in [0.25, 0.3) is 0 Å². The molecule has 2 amide bonds. The Hall–Kier alpha value is -2.04. The summed E-state index contributed by atoms with van der Waals surface area (Å²) in [6, 6.07) is 6.52. The van der Waals surface area contributed by atoms with Gasteiger partial charge in [-0.2, -0.15) is 0 Å². The Labute approximate surface area is 130 Å². The lowest BCUT2D eigenvalue weighted by atomic mass is 9.98. The highest BCUT2D eigenvalue weighted by molar-refractivity contribution is 5.81. The maximum atomic E-state index is 12.5. The molecular weight excluding hydrogens is 278 g/mol. The largest absolute Gasteiger partial charge is 0.356 e. The van der Waals surface area contributed by atoms with E-state index in [1.54, 1.807) is 0 Å². The van der Waals surface area contributed by atoms with Gasteiger partial charge in [-0.1, -0.05) is 16.8 Å². The first-order chi connectivity index (χ1) is 10.6. The van der Waals surface area contributed by atoms with Crippen LogP contribution >= 0.6 is 0 Å². The third kappa shape index (κ3) is 2.80. The molecule has 2 aromatic rings. The van der Waals surface area contributed by atoms with Crippen molar-refractivity contribution in [3.05, 3.63) is 29.5 Å². The monoisotopic (exact) mass is 301 g/mol. The third-order valence-corrected chi connectivity index (χ3v) is 4.54. The molecule has 2 unspecified atom stereocenters. The third-order valence-electron chi connectivity index (χ3n) is 4.54. The number of urea groups is 1. The number of carbonyl (C=O) groups is 1. The summed E-state index contributed by atoms with van der Waals surface area (Å²) in [6.45, 7) is 6.66. The molecule has 0 saturated carbocycles. The standard InChI is InChI=1S/C17H23N3O2/c1-11-7-8-16-14(9-11)15(19-22-16)10-18-17(21)20-12(2)5-4-6-13(20)3/h7-9,12-13H,4-6,10H2,1-3H3,(H,18,21). The summed E-state index contributed by atoms with van der Waals surface area (Å²) in [4.78, 5) is 14.4. The van der Waals surface area contributed by atoms with E-state index >= 15 is 0 Å². The Bertz CT molecular complexity index is 670. The van der Waals surface area contributed by atoms with Crippen molar-refractivity contribution in [3.63, 3.8) is 0 Å². The van der Waals surface area contributed by atoms with Gasteiger partial charge in [-0.05, 0) is 52.2 Å². The molecule has 2 heterocycles. The zero-order valence-corrected chi connectivity index (χ0v) is 13.4. The molecule has 0 spiro atoms. The molecule has 1 aromatic heterocycles. The molecule has 2 atom stereocenters. The van der Waals surface area contributed by atoms with Crippen LogP contribution in [-0.2, 0) is 6.54 Å². The van der Waals surface area contributed by atoms with Crippen molar-refractivity contribution >= 4 is 17.0 Å². The summed E-state index contributed by atoms with van der Waals surface area (Å²) < 4.78 is 5.31. The fourth-order valence-corrected chi connectivity index (χ4v) is 3.30. The van der Waals surface area contributed by atoms with Gasteiger partial charge in [0, 0.05) is 17.5 Å². The minimum Gasteiger partial charge on any atom is -0.356 e.